The van der Waals surface area contributed by atoms with Crippen LogP contribution in [-0.4, -0.2) is 39.0 Å². The molecule has 2 rings (SSSR count). The minimum Gasteiger partial charge on any atom is -0.486 e. The molecule has 0 bridgehead atoms. The summed E-state index contributed by atoms with van der Waals surface area (Å²) in [4.78, 5) is 0. The summed E-state index contributed by atoms with van der Waals surface area (Å²) in [6.07, 6.45) is 0.910. The fraction of sp³-hybridized carbons (Fsp3) is 0.538. The van der Waals surface area contributed by atoms with E-state index in [0.29, 0.717) is 17.0 Å². The van der Waals surface area contributed by atoms with E-state index in [0.717, 1.165) is 6.42 Å². The van der Waals surface area contributed by atoms with E-state index in [9.17, 15) is 13.5 Å². The Morgan fingerprint density at radius 1 is 1.55 bits per heavy atom. The summed E-state index contributed by atoms with van der Waals surface area (Å²) in [5.41, 5.74) is 6.47. The van der Waals surface area contributed by atoms with Crippen molar-refractivity contribution in [1.29, 1.82) is 0 Å². The van der Waals surface area contributed by atoms with E-state index in [1.807, 2.05) is 6.92 Å². The zero-order valence-corrected chi connectivity index (χ0v) is 12.4. The number of aliphatic hydroxyl groups is 1. The van der Waals surface area contributed by atoms with E-state index in [1.165, 1.54) is 10.6 Å². The lowest BCUT2D eigenvalue weighted by Crippen LogP contribution is -2.42. The van der Waals surface area contributed by atoms with Crippen molar-refractivity contribution < 1.29 is 18.3 Å². The van der Waals surface area contributed by atoms with Gasteiger partial charge in [-0.1, -0.05) is 13.0 Å². The van der Waals surface area contributed by atoms with Crippen molar-refractivity contribution in [2.75, 3.05) is 23.7 Å². The Balaban J connectivity index is 2.49. The van der Waals surface area contributed by atoms with Crippen LogP contribution in [0.15, 0.2) is 18.2 Å². The van der Waals surface area contributed by atoms with Gasteiger partial charge < -0.3 is 15.6 Å². The van der Waals surface area contributed by atoms with Gasteiger partial charge in [-0.15, -0.1) is 0 Å². The first-order valence-electron chi connectivity index (χ1n) is 6.53. The lowest BCUT2D eigenvalue weighted by atomic mass is 10.1. The van der Waals surface area contributed by atoms with Crippen molar-refractivity contribution in [1.82, 2.24) is 0 Å². The molecule has 1 aromatic rings. The standard InChI is InChI=1S/C13H20N2O4S/c1-3-10-8-15(20(2,17)18)11-6-9(12(16)7-14)4-5-13(11)19-10/h4-6,10,12,16H,3,7-8,14H2,1-2H3. The maximum atomic E-state index is 11.9. The molecule has 20 heavy (non-hydrogen) atoms. The lowest BCUT2D eigenvalue weighted by molar-refractivity contribution is 0.184. The molecule has 0 saturated carbocycles. The third kappa shape index (κ3) is 2.89. The van der Waals surface area contributed by atoms with Crippen molar-refractivity contribution in [2.45, 2.75) is 25.6 Å². The maximum Gasteiger partial charge on any atom is 0.232 e. The second kappa shape index (κ2) is 5.59. The number of hydrogen-bond donors (Lipinski definition) is 2. The highest BCUT2D eigenvalue weighted by molar-refractivity contribution is 7.92. The van der Waals surface area contributed by atoms with Crippen LogP contribution in [-0.2, 0) is 10.0 Å². The number of sulfonamides is 1. The Morgan fingerprint density at radius 2 is 2.25 bits per heavy atom. The Hall–Kier alpha value is -1.31. The van der Waals surface area contributed by atoms with Gasteiger partial charge in [-0.25, -0.2) is 8.42 Å². The summed E-state index contributed by atoms with van der Waals surface area (Å²) in [6, 6.07) is 5.01. The molecule has 0 spiro atoms. The molecule has 0 radical (unpaired) electrons. The van der Waals surface area contributed by atoms with Crippen molar-refractivity contribution in [3.05, 3.63) is 23.8 Å². The van der Waals surface area contributed by atoms with E-state index in [1.54, 1.807) is 18.2 Å². The molecule has 1 aromatic carbocycles. The Bertz CT molecular complexity index is 588. The molecule has 6 nitrogen and oxygen atoms in total. The van der Waals surface area contributed by atoms with Gasteiger partial charge in [0.15, 0.2) is 0 Å². The number of rotatable bonds is 4. The number of benzene rings is 1. The fourth-order valence-corrected chi connectivity index (χ4v) is 3.14. The molecule has 1 heterocycles. The third-order valence-corrected chi connectivity index (χ3v) is 4.52. The maximum absolute atomic E-state index is 11.9. The van der Waals surface area contributed by atoms with Crippen LogP contribution >= 0.6 is 0 Å². The zero-order chi connectivity index (χ0) is 14.9. The quantitative estimate of drug-likeness (QED) is 0.850. The molecule has 112 valence electrons. The Kier molecular flexibility index (Phi) is 4.22. The molecule has 2 atom stereocenters. The number of anilines is 1. The van der Waals surface area contributed by atoms with E-state index in [2.05, 4.69) is 0 Å². The molecule has 7 heteroatoms. The van der Waals surface area contributed by atoms with E-state index >= 15 is 0 Å². The van der Waals surface area contributed by atoms with Crippen molar-refractivity contribution in [2.24, 2.45) is 5.73 Å². The minimum absolute atomic E-state index is 0.0795. The molecule has 2 unspecified atom stereocenters. The summed E-state index contributed by atoms with van der Waals surface area (Å²) in [6.45, 7) is 2.31. The molecular weight excluding hydrogens is 280 g/mol. The number of hydrogen-bond acceptors (Lipinski definition) is 5. The first-order valence-corrected chi connectivity index (χ1v) is 8.38. The number of fused-ring (bicyclic) bond motifs is 1. The van der Waals surface area contributed by atoms with Crippen LogP contribution in [0, 0.1) is 0 Å². The fourth-order valence-electron chi connectivity index (χ4n) is 2.20. The van der Waals surface area contributed by atoms with Gasteiger partial charge in [0.25, 0.3) is 0 Å². The average Bonchev–Trinajstić information content (AvgIpc) is 2.43. The summed E-state index contributed by atoms with van der Waals surface area (Å²) in [7, 11) is -3.39. The van der Waals surface area contributed by atoms with Gasteiger partial charge in [0.05, 0.1) is 24.6 Å². The van der Waals surface area contributed by atoms with Gasteiger partial charge in [-0.3, -0.25) is 4.31 Å². The summed E-state index contributed by atoms with van der Waals surface area (Å²) in [5, 5.41) is 9.78. The van der Waals surface area contributed by atoms with Gasteiger partial charge >= 0.3 is 0 Å². The van der Waals surface area contributed by atoms with Crippen LogP contribution in [0.1, 0.15) is 25.0 Å². The van der Waals surface area contributed by atoms with Gasteiger partial charge in [-0.05, 0) is 24.1 Å². The second-order valence-corrected chi connectivity index (χ2v) is 6.83. The van der Waals surface area contributed by atoms with Gasteiger partial charge in [-0.2, -0.15) is 0 Å². The molecule has 0 aliphatic carbocycles. The Morgan fingerprint density at radius 3 is 2.80 bits per heavy atom. The first-order chi connectivity index (χ1) is 9.36. The summed E-state index contributed by atoms with van der Waals surface area (Å²) < 4.78 is 31.0. The third-order valence-electron chi connectivity index (χ3n) is 3.38. The van der Waals surface area contributed by atoms with Crippen LogP contribution < -0.4 is 14.8 Å². The predicted molar refractivity (Wildman–Crippen MR) is 77.4 cm³/mol. The average molecular weight is 300 g/mol. The number of aliphatic hydroxyl groups excluding tert-OH is 1. The first kappa shape index (κ1) is 15.1. The van der Waals surface area contributed by atoms with Crippen LogP contribution in [0.25, 0.3) is 0 Å². The lowest BCUT2D eigenvalue weighted by Gasteiger charge is -2.34. The van der Waals surface area contributed by atoms with Crippen LogP contribution in [0.4, 0.5) is 5.69 Å². The molecule has 0 aromatic heterocycles. The van der Waals surface area contributed by atoms with Crippen molar-refractivity contribution in [3.63, 3.8) is 0 Å². The van der Waals surface area contributed by atoms with Gasteiger partial charge in [0.1, 0.15) is 11.9 Å². The van der Waals surface area contributed by atoms with Gasteiger partial charge in [0.2, 0.25) is 10.0 Å². The monoisotopic (exact) mass is 300 g/mol. The number of nitrogens with zero attached hydrogens (tertiary/aromatic N) is 1. The normalized spacial score (nSPS) is 20.2. The van der Waals surface area contributed by atoms with Crippen molar-refractivity contribution in [3.8, 4) is 5.75 Å². The SMILES string of the molecule is CCC1CN(S(C)(=O)=O)c2cc(C(O)CN)ccc2O1. The largest absolute Gasteiger partial charge is 0.486 e. The number of ether oxygens (including phenoxy) is 1. The molecular formula is C13H20N2O4S. The van der Waals surface area contributed by atoms with E-state index in [4.69, 9.17) is 10.5 Å². The molecule has 1 aliphatic rings. The Labute approximate surface area is 119 Å². The van der Waals surface area contributed by atoms with Crippen LogP contribution in [0.5, 0.6) is 5.75 Å². The second-order valence-electron chi connectivity index (χ2n) is 4.92. The molecule has 0 fully saturated rings. The van der Waals surface area contributed by atoms with Gasteiger partial charge in [0, 0.05) is 6.54 Å². The number of nitrogens with two attached hydrogens (primary N) is 1. The minimum atomic E-state index is -3.39. The molecule has 1 aliphatic heterocycles. The molecule has 0 amide bonds. The molecule has 3 N–H and O–H groups in total. The highest BCUT2D eigenvalue weighted by Gasteiger charge is 2.30. The van der Waals surface area contributed by atoms with Crippen molar-refractivity contribution >= 4 is 15.7 Å². The highest BCUT2D eigenvalue weighted by atomic mass is 32.2. The molecule has 0 saturated heterocycles. The predicted octanol–water partition coefficient (Wildman–Crippen LogP) is 0.616. The van der Waals surface area contributed by atoms with Crippen LogP contribution in [0.3, 0.4) is 0 Å². The summed E-state index contributed by atoms with van der Waals surface area (Å²) >= 11 is 0. The zero-order valence-electron chi connectivity index (χ0n) is 11.6. The van der Waals surface area contributed by atoms with Crippen LogP contribution in [0.2, 0.25) is 0 Å². The van der Waals surface area contributed by atoms with E-state index in [-0.39, 0.29) is 19.2 Å². The topological polar surface area (TPSA) is 92.9 Å². The smallest absolute Gasteiger partial charge is 0.232 e. The summed E-state index contributed by atoms with van der Waals surface area (Å²) in [5.74, 6) is 0.515. The van der Waals surface area contributed by atoms with E-state index < -0.39 is 16.1 Å². The highest BCUT2D eigenvalue weighted by Crippen LogP contribution is 2.37.